The van der Waals surface area contributed by atoms with Crippen LogP contribution in [0.25, 0.3) is 10.9 Å². The van der Waals surface area contributed by atoms with Crippen molar-refractivity contribution >= 4 is 16.9 Å². The highest BCUT2D eigenvalue weighted by Gasteiger charge is 2.03. The Kier molecular flexibility index (Phi) is 5.06. The van der Waals surface area contributed by atoms with Gasteiger partial charge in [-0.1, -0.05) is 30.3 Å². The first kappa shape index (κ1) is 16.0. The van der Waals surface area contributed by atoms with Gasteiger partial charge in [-0.15, -0.1) is 0 Å². The molecule has 1 N–H and O–H groups in total. The van der Waals surface area contributed by atoms with Gasteiger partial charge in [-0.05, 0) is 42.7 Å². The zero-order valence-electron chi connectivity index (χ0n) is 13.3. The molecule has 3 aromatic rings. The highest BCUT2D eigenvalue weighted by atomic mass is 16.5. The molecule has 0 fully saturated rings. The third-order valence-corrected chi connectivity index (χ3v) is 3.91. The molecule has 0 atom stereocenters. The molecule has 3 rings (SSSR count). The fraction of sp³-hybridized carbons (Fsp3) is 0.200. The van der Waals surface area contributed by atoms with Crippen molar-refractivity contribution in [3.05, 3.63) is 71.9 Å². The van der Waals surface area contributed by atoms with Crippen molar-refractivity contribution in [1.29, 1.82) is 0 Å². The molecule has 0 radical (unpaired) electrons. The van der Waals surface area contributed by atoms with Crippen molar-refractivity contribution in [2.45, 2.75) is 25.9 Å². The normalized spacial score (nSPS) is 10.7. The molecular formula is C20H19NO3. The molecule has 0 saturated heterocycles. The van der Waals surface area contributed by atoms with Crippen molar-refractivity contribution in [2.75, 3.05) is 0 Å². The number of nitrogens with zero attached hydrogens (tertiary/aromatic N) is 1. The number of aliphatic carboxylic acids is 1. The maximum Gasteiger partial charge on any atom is 0.303 e. The monoisotopic (exact) mass is 321 g/mol. The quantitative estimate of drug-likeness (QED) is 0.708. The number of hydrogen-bond donors (Lipinski definition) is 1. The minimum Gasteiger partial charge on any atom is -0.489 e. The third kappa shape index (κ3) is 4.10. The molecule has 4 nitrogen and oxygen atoms in total. The number of carboxylic acid groups (broad SMARTS) is 1. The first-order valence-electron chi connectivity index (χ1n) is 7.98. The summed E-state index contributed by atoms with van der Waals surface area (Å²) in [5, 5.41) is 9.77. The molecule has 1 heterocycles. The minimum atomic E-state index is -0.750. The van der Waals surface area contributed by atoms with Crippen LogP contribution < -0.4 is 4.74 Å². The molecule has 1 aromatic heterocycles. The van der Waals surface area contributed by atoms with Crippen molar-refractivity contribution in [3.63, 3.8) is 0 Å². The van der Waals surface area contributed by atoms with Crippen LogP contribution in [0.15, 0.2) is 60.8 Å². The summed E-state index contributed by atoms with van der Waals surface area (Å²) in [5.41, 5.74) is 3.19. The Bertz CT molecular complexity index is 822. The molecule has 0 spiro atoms. The summed E-state index contributed by atoms with van der Waals surface area (Å²) in [4.78, 5) is 14.9. The predicted molar refractivity (Wildman–Crippen MR) is 93.1 cm³/mol. The van der Waals surface area contributed by atoms with Gasteiger partial charge in [0.2, 0.25) is 0 Å². The maximum absolute atomic E-state index is 10.5. The van der Waals surface area contributed by atoms with Crippen molar-refractivity contribution in [1.82, 2.24) is 4.98 Å². The lowest BCUT2D eigenvalue weighted by Gasteiger charge is -2.09. The lowest BCUT2D eigenvalue weighted by atomic mass is 10.1. The second-order valence-electron chi connectivity index (χ2n) is 5.67. The van der Waals surface area contributed by atoms with Crippen LogP contribution in [0.2, 0.25) is 0 Å². The summed E-state index contributed by atoms with van der Waals surface area (Å²) in [7, 11) is 0. The van der Waals surface area contributed by atoms with Gasteiger partial charge in [0, 0.05) is 23.6 Å². The summed E-state index contributed by atoms with van der Waals surface area (Å²) in [6, 6.07) is 17.8. The average Bonchev–Trinajstić information content (AvgIpc) is 2.61. The van der Waals surface area contributed by atoms with E-state index in [2.05, 4.69) is 4.98 Å². The van der Waals surface area contributed by atoms with Crippen molar-refractivity contribution in [3.8, 4) is 5.75 Å². The Labute approximate surface area is 140 Å². The third-order valence-electron chi connectivity index (χ3n) is 3.91. The van der Waals surface area contributed by atoms with Crippen molar-refractivity contribution < 1.29 is 14.6 Å². The second-order valence-corrected chi connectivity index (χ2v) is 5.67. The standard InChI is InChI=1S/C20H19NO3/c22-20(23)7-3-4-15-8-10-17(11-9-15)24-14-16-12-13-21-19-6-2-1-5-18(16)19/h1-2,5-6,8-13H,3-4,7,14H2,(H,22,23). The van der Waals surface area contributed by atoms with E-state index >= 15 is 0 Å². The van der Waals surface area contributed by atoms with Crippen LogP contribution in [0, 0.1) is 0 Å². The van der Waals surface area contributed by atoms with E-state index in [0.29, 0.717) is 13.0 Å². The van der Waals surface area contributed by atoms with Gasteiger partial charge in [-0.25, -0.2) is 0 Å². The number of para-hydroxylation sites is 1. The number of hydrogen-bond acceptors (Lipinski definition) is 3. The Morgan fingerprint density at radius 1 is 1.04 bits per heavy atom. The van der Waals surface area contributed by atoms with Gasteiger partial charge < -0.3 is 9.84 Å². The minimum absolute atomic E-state index is 0.202. The van der Waals surface area contributed by atoms with E-state index in [4.69, 9.17) is 9.84 Å². The van der Waals surface area contributed by atoms with Gasteiger partial charge >= 0.3 is 5.97 Å². The van der Waals surface area contributed by atoms with E-state index in [9.17, 15) is 4.79 Å². The van der Waals surface area contributed by atoms with E-state index in [0.717, 1.165) is 34.2 Å². The second kappa shape index (κ2) is 7.59. The van der Waals surface area contributed by atoms with E-state index in [1.54, 1.807) is 6.20 Å². The van der Waals surface area contributed by atoms with E-state index in [1.165, 1.54) is 0 Å². The van der Waals surface area contributed by atoms with E-state index in [-0.39, 0.29) is 6.42 Å². The van der Waals surface area contributed by atoms with Crippen LogP contribution in [-0.2, 0) is 17.8 Å². The lowest BCUT2D eigenvalue weighted by molar-refractivity contribution is -0.137. The van der Waals surface area contributed by atoms with Gasteiger partial charge in [-0.2, -0.15) is 0 Å². The molecule has 0 amide bonds. The van der Waals surface area contributed by atoms with Gasteiger partial charge in [-0.3, -0.25) is 9.78 Å². The van der Waals surface area contributed by atoms with Crippen LogP contribution in [0.1, 0.15) is 24.0 Å². The van der Waals surface area contributed by atoms with Crippen LogP contribution in [0.4, 0.5) is 0 Å². The van der Waals surface area contributed by atoms with Gasteiger partial charge in [0.05, 0.1) is 5.52 Å². The SMILES string of the molecule is O=C(O)CCCc1ccc(OCc2ccnc3ccccc23)cc1. The molecule has 0 unspecified atom stereocenters. The number of rotatable bonds is 7. The highest BCUT2D eigenvalue weighted by molar-refractivity contribution is 5.81. The molecule has 122 valence electrons. The summed E-state index contributed by atoms with van der Waals surface area (Å²) in [6.45, 7) is 0.487. The first-order chi connectivity index (χ1) is 11.7. The Hall–Kier alpha value is -2.88. The number of ether oxygens (including phenoxy) is 1. The van der Waals surface area contributed by atoms with Crippen LogP contribution >= 0.6 is 0 Å². The number of aryl methyl sites for hydroxylation is 1. The summed E-state index contributed by atoms with van der Waals surface area (Å²) in [6.07, 6.45) is 3.42. The molecule has 24 heavy (non-hydrogen) atoms. The number of aromatic nitrogens is 1. The van der Waals surface area contributed by atoms with Gasteiger partial charge in [0.15, 0.2) is 0 Å². The number of pyridine rings is 1. The van der Waals surface area contributed by atoms with E-state index < -0.39 is 5.97 Å². The number of carbonyl (C=O) groups is 1. The zero-order chi connectivity index (χ0) is 16.8. The number of fused-ring (bicyclic) bond motifs is 1. The smallest absolute Gasteiger partial charge is 0.303 e. The zero-order valence-corrected chi connectivity index (χ0v) is 13.3. The Morgan fingerprint density at radius 3 is 2.62 bits per heavy atom. The molecule has 4 heteroatoms. The largest absolute Gasteiger partial charge is 0.489 e. The molecular weight excluding hydrogens is 302 g/mol. The van der Waals surface area contributed by atoms with Crippen molar-refractivity contribution in [2.24, 2.45) is 0 Å². The van der Waals surface area contributed by atoms with E-state index in [1.807, 2.05) is 54.6 Å². The fourth-order valence-electron chi connectivity index (χ4n) is 2.64. The average molecular weight is 321 g/mol. The van der Waals surface area contributed by atoms with Crippen LogP contribution in [-0.4, -0.2) is 16.1 Å². The Morgan fingerprint density at radius 2 is 1.83 bits per heavy atom. The maximum atomic E-state index is 10.5. The van der Waals surface area contributed by atoms with Gasteiger partial charge in [0.25, 0.3) is 0 Å². The predicted octanol–water partition coefficient (Wildman–Crippen LogP) is 4.22. The van der Waals surface area contributed by atoms with Crippen LogP contribution in [0.5, 0.6) is 5.75 Å². The number of carboxylic acids is 1. The molecule has 0 aliphatic rings. The topological polar surface area (TPSA) is 59.4 Å². The fourth-order valence-corrected chi connectivity index (χ4v) is 2.64. The molecule has 2 aromatic carbocycles. The summed E-state index contributed by atoms with van der Waals surface area (Å²) >= 11 is 0. The van der Waals surface area contributed by atoms with Crippen LogP contribution in [0.3, 0.4) is 0 Å². The summed E-state index contributed by atoms with van der Waals surface area (Å²) in [5.74, 6) is 0.0532. The first-order valence-corrected chi connectivity index (χ1v) is 7.98. The molecule has 0 saturated carbocycles. The molecule has 0 bridgehead atoms. The number of benzene rings is 2. The molecule has 0 aliphatic heterocycles. The highest BCUT2D eigenvalue weighted by Crippen LogP contribution is 2.20. The molecule has 0 aliphatic carbocycles. The summed E-state index contributed by atoms with van der Waals surface area (Å²) < 4.78 is 5.88. The van der Waals surface area contributed by atoms with Gasteiger partial charge in [0.1, 0.15) is 12.4 Å². The Balaban J connectivity index is 1.61. The lowest BCUT2D eigenvalue weighted by Crippen LogP contribution is -1.98.